The van der Waals surface area contributed by atoms with Crippen molar-refractivity contribution in [2.45, 2.75) is 16.0 Å². The highest BCUT2D eigenvalue weighted by molar-refractivity contribution is 7.91. The molecule has 1 aliphatic rings. The second-order valence-electron chi connectivity index (χ2n) is 3.74. The van der Waals surface area contributed by atoms with Crippen LogP contribution in [0.15, 0.2) is 26.3 Å². The Balaban J connectivity index is 2.92. The maximum absolute atomic E-state index is 12.7. The number of nitrogens with two attached hydrogens (primary N) is 1. The Kier molecular flexibility index (Phi) is 3.07. The smallest absolute Gasteiger partial charge is 0.343 e. The molecule has 2 rings (SSSR count). The zero-order valence-corrected chi connectivity index (χ0v) is 11.0. The van der Waals surface area contributed by atoms with E-state index in [0.717, 1.165) is 0 Å². The Hall–Kier alpha value is -1.66. The van der Waals surface area contributed by atoms with E-state index >= 15 is 0 Å². The molecule has 110 valence electrons. The molecule has 0 unspecified atom stereocenters. The molecular weight excluding hydrogens is 323 g/mol. The van der Waals surface area contributed by atoms with Gasteiger partial charge >= 0.3 is 6.18 Å². The van der Waals surface area contributed by atoms with Crippen LogP contribution < -0.4 is 10.5 Å². The summed E-state index contributed by atoms with van der Waals surface area (Å²) in [5, 5.41) is 6.98. The molecule has 3 N–H and O–H groups in total. The number of hydrogen-bond donors (Lipinski definition) is 2. The molecule has 0 amide bonds. The zero-order chi connectivity index (χ0) is 15.3. The Morgan fingerprint density at radius 3 is 2.35 bits per heavy atom. The number of halogens is 3. The van der Waals surface area contributed by atoms with Gasteiger partial charge in [0.05, 0.1) is 11.3 Å². The second kappa shape index (κ2) is 4.17. The van der Waals surface area contributed by atoms with E-state index in [0.29, 0.717) is 12.4 Å². The summed E-state index contributed by atoms with van der Waals surface area (Å²) in [5.41, 5.74) is -2.02. The van der Waals surface area contributed by atoms with Gasteiger partial charge in [0.25, 0.3) is 10.0 Å². The summed E-state index contributed by atoms with van der Waals surface area (Å²) in [6.07, 6.45) is -4.29. The third kappa shape index (κ3) is 2.48. The van der Waals surface area contributed by atoms with Gasteiger partial charge in [-0.1, -0.05) is 0 Å². The SMILES string of the molecule is NS(=O)(=O)c1cc(C(F)(F)F)cc2c1NC=NS2(=O)=O. The molecule has 0 bridgehead atoms. The average Bonchev–Trinajstić information content (AvgIpc) is 2.24. The largest absolute Gasteiger partial charge is 0.416 e. The minimum absolute atomic E-state index is 0.260. The summed E-state index contributed by atoms with van der Waals surface area (Å²) in [6.45, 7) is 0. The van der Waals surface area contributed by atoms with Crippen LogP contribution in [0.1, 0.15) is 5.56 Å². The standard InChI is InChI=1S/C8H6F3N3O4S2/c9-8(10,11)4-1-5(19(12,15)16)7-6(2-4)20(17,18)14-3-13-7/h1-3H,(H,13,14)(H2,12,15,16). The molecule has 0 atom stereocenters. The van der Waals surface area contributed by atoms with Crippen molar-refractivity contribution in [2.24, 2.45) is 9.54 Å². The van der Waals surface area contributed by atoms with Gasteiger partial charge in [-0.2, -0.15) is 21.6 Å². The molecular formula is C8H6F3N3O4S2. The van der Waals surface area contributed by atoms with Crippen LogP contribution in [0.25, 0.3) is 0 Å². The molecule has 0 saturated carbocycles. The van der Waals surface area contributed by atoms with E-state index in [2.05, 4.69) is 9.71 Å². The van der Waals surface area contributed by atoms with Crippen LogP contribution in [-0.4, -0.2) is 23.2 Å². The second-order valence-corrected chi connectivity index (χ2v) is 6.87. The fourth-order valence-electron chi connectivity index (χ4n) is 1.54. The highest BCUT2D eigenvalue weighted by atomic mass is 32.2. The number of benzene rings is 1. The van der Waals surface area contributed by atoms with Gasteiger partial charge in [0.2, 0.25) is 10.0 Å². The third-order valence-electron chi connectivity index (χ3n) is 2.38. The van der Waals surface area contributed by atoms with Gasteiger partial charge in [0, 0.05) is 0 Å². The van der Waals surface area contributed by atoms with Crippen LogP contribution in [0.4, 0.5) is 18.9 Å². The maximum atomic E-state index is 12.7. The van der Waals surface area contributed by atoms with Crippen molar-refractivity contribution in [1.82, 2.24) is 0 Å². The van der Waals surface area contributed by atoms with Gasteiger partial charge in [-0.15, -0.1) is 4.40 Å². The predicted octanol–water partition coefficient (Wildman–Crippen LogP) is 0.495. The molecule has 0 radical (unpaired) electrons. The number of anilines is 1. The Morgan fingerprint density at radius 2 is 1.85 bits per heavy atom. The van der Waals surface area contributed by atoms with Gasteiger partial charge in [0.15, 0.2) is 0 Å². The summed E-state index contributed by atoms with van der Waals surface area (Å²) in [4.78, 5) is -1.88. The summed E-state index contributed by atoms with van der Waals surface area (Å²) in [6, 6.07) is 0.554. The summed E-state index contributed by atoms with van der Waals surface area (Å²) in [7, 11) is -8.99. The first-order valence-electron chi connectivity index (χ1n) is 4.76. The molecule has 1 aliphatic heterocycles. The van der Waals surface area contributed by atoms with Gasteiger partial charge in [0.1, 0.15) is 16.1 Å². The molecule has 0 spiro atoms. The highest BCUT2D eigenvalue weighted by Gasteiger charge is 2.36. The first kappa shape index (κ1) is 14.7. The molecule has 0 aliphatic carbocycles. The number of nitrogens with one attached hydrogen (secondary N) is 1. The molecule has 1 aromatic carbocycles. The highest BCUT2D eigenvalue weighted by Crippen LogP contribution is 2.38. The van der Waals surface area contributed by atoms with Crippen molar-refractivity contribution >= 4 is 32.1 Å². The average molecular weight is 329 g/mol. The quantitative estimate of drug-likeness (QED) is 0.777. The lowest BCUT2D eigenvalue weighted by atomic mass is 10.2. The Labute approximate surface area is 111 Å². The summed E-state index contributed by atoms with van der Waals surface area (Å²) >= 11 is 0. The van der Waals surface area contributed by atoms with Crippen molar-refractivity contribution in [3.63, 3.8) is 0 Å². The van der Waals surface area contributed by atoms with E-state index in [1.807, 2.05) is 0 Å². The van der Waals surface area contributed by atoms with Crippen molar-refractivity contribution in [2.75, 3.05) is 5.32 Å². The van der Waals surface area contributed by atoms with E-state index < -0.39 is 47.3 Å². The first-order chi connectivity index (χ1) is 8.93. The zero-order valence-electron chi connectivity index (χ0n) is 9.34. The van der Waals surface area contributed by atoms with Crippen molar-refractivity contribution in [3.05, 3.63) is 17.7 Å². The van der Waals surface area contributed by atoms with Crippen LogP contribution in [0.2, 0.25) is 0 Å². The minimum Gasteiger partial charge on any atom is -0.343 e. The number of sulfonamides is 2. The van der Waals surface area contributed by atoms with E-state index in [-0.39, 0.29) is 6.07 Å². The van der Waals surface area contributed by atoms with Crippen molar-refractivity contribution in [1.29, 1.82) is 0 Å². The first-order valence-corrected chi connectivity index (χ1v) is 7.75. The van der Waals surface area contributed by atoms with Crippen LogP contribution in [0.5, 0.6) is 0 Å². The maximum Gasteiger partial charge on any atom is 0.416 e. The van der Waals surface area contributed by atoms with Crippen LogP contribution in [-0.2, 0) is 26.2 Å². The number of alkyl halides is 3. The number of rotatable bonds is 1. The molecule has 0 fully saturated rings. The van der Waals surface area contributed by atoms with Gasteiger partial charge < -0.3 is 5.32 Å². The molecule has 1 aromatic rings. The lowest BCUT2D eigenvalue weighted by Gasteiger charge is -2.18. The number of hydrogen-bond acceptors (Lipinski definition) is 5. The van der Waals surface area contributed by atoms with Gasteiger partial charge in [-0.05, 0) is 12.1 Å². The summed E-state index contributed by atoms with van der Waals surface area (Å²) < 4.78 is 86.9. The van der Waals surface area contributed by atoms with E-state index in [4.69, 9.17) is 5.14 Å². The molecule has 12 heteroatoms. The fraction of sp³-hybridized carbons (Fsp3) is 0.125. The minimum atomic E-state index is -4.94. The Bertz CT molecular complexity index is 812. The monoisotopic (exact) mass is 329 g/mol. The van der Waals surface area contributed by atoms with Crippen molar-refractivity contribution < 1.29 is 30.0 Å². The normalized spacial score (nSPS) is 17.4. The predicted molar refractivity (Wildman–Crippen MR) is 62.1 cm³/mol. The van der Waals surface area contributed by atoms with Crippen LogP contribution >= 0.6 is 0 Å². The lowest BCUT2D eigenvalue weighted by Crippen LogP contribution is -2.21. The Morgan fingerprint density at radius 1 is 1.25 bits per heavy atom. The van der Waals surface area contributed by atoms with Gasteiger partial charge in [-0.3, -0.25) is 0 Å². The fourth-order valence-corrected chi connectivity index (χ4v) is 3.36. The van der Waals surface area contributed by atoms with Crippen molar-refractivity contribution in [3.8, 4) is 0 Å². The molecule has 20 heavy (non-hydrogen) atoms. The molecule has 0 aromatic heterocycles. The number of primary sulfonamides is 1. The topological polar surface area (TPSA) is 119 Å². The van der Waals surface area contributed by atoms with E-state index in [1.165, 1.54) is 0 Å². The van der Waals surface area contributed by atoms with Crippen LogP contribution in [0, 0.1) is 0 Å². The third-order valence-corrected chi connectivity index (χ3v) is 4.57. The van der Waals surface area contributed by atoms with E-state index in [1.54, 1.807) is 0 Å². The van der Waals surface area contributed by atoms with Gasteiger partial charge in [-0.25, -0.2) is 13.6 Å². The molecule has 1 heterocycles. The van der Waals surface area contributed by atoms with Crippen LogP contribution in [0.3, 0.4) is 0 Å². The summed E-state index contributed by atoms with van der Waals surface area (Å²) in [5.74, 6) is 0. The number of nitrogens with zero attached hydrogens (tertiary/aromatic N) is 1. The molecule has 7 nitrogen and oxygen atoms in total. The van der Waals surface area contributed by atoms with E-state index in [9.17, 15) is 30.0 Å². The number of fused-ring (bicyclic) bond motifs is 1. The molecule has 0 saturated heterocycles. The lowest BCUT2D eigenvalue weighted by molar-refractivity contribution is -0.137.